The van der Waals surface area contributed by atoms with Crippen LogP contribution in [0.25, 0.3) is 16.0 Å². The first-order chi connectivity index (χ1) is 18.2. The summed E-state index contributed by atoms with van der Waals surface area (Å²) in [5.41, 5.74) is 2.00. The number of benzene rings is 2. The Morgan fingerprint density at radius 2 is 1.92 bits per heavy atom. The molecule has 1 unspecified atom stereocenters. The minimum atomic E-state index is -0.976. The highest BCUT2D eigenvalue weighted by Crippen LogP contribution is 2.44. The van der Waals surface area contributed by atoms with Gasteiger partial charge in [-0.05, 0) is 66.4 Å². The molecule has 7 nitrogen and oxygen atoms in total. The van der Waals surface area contributed by atoms with Crippen LogP contribution in [0.15, 0.2) is 60.4 Å². The van der Waals surface area contributed by atoms with Crippen molar-refractivity contribution < 1.29 is 23.8 Å². The van der Waals surface area contributed by atoms with E-state index >= 15 is 0 Å². The Morgan fingerprint density at radius 3 is 2.61 bits per heavy atom. The van der Waals surface area contributed by atoms with Crippen molar-refractivity contribution in [3.63, 3.8) is 0 Å². The van der Waals surface area contributed by atoms with Gasteiger partial charge in [0.15, 0.2) is 5.13 Å². The number of aliphatic hydroxyl groups is 1. The highest BCUT2D eigenvalue weighted by molar-refractivity contribution is 7.22. The van der Waals surface area contributed by atoms with Crippen LogP contribution < -0.4 is 9.64 Å². The van der Waals surface area contributed by atoms with Crippen LogP contribution >= 0.6 is 22.9 Å². The molecule has 3 heterocycles. The van der Waals surface area contributed by atoms with Gasteiger partial charge in [-0.3, -0.25) is 19.5 Å². The van der Waals surface area contributed by atoms with Gasteiger partial charge in [-0.15, -0.1) is 0 Å². The zero-order chi connectivity index (χ0) is 27.1. The van der Waals surface area contributed by atoms with Crippen LogP contribution in [0.1, 0.15) is 36.6 Å². The number of aryl methyl sites for hydroxylation is 1. The number of pyridine rings is 1. The van der Waals surface area contributed by atoms with Gasteiger partial charge in [0.05, 0.1) is 33.5 Å². The third-order valence-corrected chi connectivity index (χ3v) is 7.42. The van der Waals surface area contributed by atoms with E-state index in [4.69, 9.17) is 16.3 Å². The third kappa shape index (κ3) is 4.63. The number of anilines is 1. The number of hydrogen-bond donors (Lipinski definition) is 1. The van der Waals surface area contributed by atoms with Gasteiger partial charge in [0, 0.05) is 18.0 Å². The van der Waals surface area contributed by atoms with E-state index in [9.17, 15) is 19.1 Å². The van der Waals surface area contributed by atoms with Gasteiger partial charge in [-0.2, -0.15) is 0 Å². The lowest BCUT2D eigenvalue weighted by Gasteiger charge is -2.22. The molecule has 1 amide bonds. The van der Waals surface area contributed by atoms with Crippen molar-refractivity contribution in [1.29, 1.82) is 0 Å². The van der Waals surface area contributed by atoms with E-state index in [0.29, 0.717) is 39.6 Å². The van der Waals surface area contributed by atoms with Crippen LogP contribution in [-0.4, -0.2) is 33.4 Å². The second kappa shape index (κ2) is 10.2. The van der Waals surface area contributed by atoms with Gasteiger partial charge in [0.1, 0.15) is 17.3 Å². The van der Waals surface area contributed by atoms with Crippen molar-refractivity contribution in [3.05, 3.63) is 88.0 Å². The zero-order valence-corrected chi connectivity index (χ0v) is 22.3. The summed E-state index contributed by atoms with van der Waals surface area (Å²) in [7, 11) is 0. The van der Waals surface area contributed by atoms with E-state index in [1.807, 2.05) is 20.8 Å². The van der Waals surface area contributed by atoms with Crippen LogP contribution in [0.3, 0.4) is 0 Å². The number of aromatic nitrogens is 2. The van der Waals surface area contributed by atoms with Crippen molar-refractivity contribution >= 4 is 55.7 Å². The van der Waals surface area contributed by atoms with Gasteiger partial charge in [-0.25, -0.2) is 9.37 Å². The molecule has 38 heavy (non-hydrogen) atoms. The number of carbonyl (C=O) groups excluding carboxylic acids is 2. The van der Waals surface area contributed by atoms with E-state index in [-0.39, 0.29) is 21.5 Å². The lowest BCUT2D eigenvalue weighted by Crippen LogP contribution is -2.29. The smallest absolute Gasteiger partial charge is 0.301 e. The van der Waals surface area contributed by atoms with Crippen LogP contribution in [0.2, 0.25) is 5.02 Å². The SMILES string of the molecule is Cc1cc(/C(O)=C2\C(=O)C(=O)N(c3nc4cc(Cl)c(F)cc4s3)C2c2ccncc2)ccc1OCC(C)C. The zero-order valence-electron chi connectivity index (χ0n) is 20.7. The molecular formula is C28H23ClFN3O4S. The summed E-state index contributed by atoms with van der Waals surface area (Å²) in [6.07, 6.45) is 3.07. The molecule has 1 fully saturated rings. The average Bonchev–Trinajstić information content (AvgIpc) is 3.40. The number of ether oxygens (including phenoxy) is 1. The van der Waals surface area contributed by atoms with Crippen LogP contribution in [0.5, 0.6) is 5.75 Å². The number of carbonyl (C=O) groups is 2. The molecule has 194 valence electrons. The highest BCUT2D eigenvalue weighted by atomic mass is 35.5. The molecule has 4 aromatic rings. The molecule has 0 spiro atoms. The Labute approximate surface area is 227 Å². The number of aliphatic hydroxyl groups excluding tert-OH is 1. The predicted octanol–water partition coefficient (Wildman–Crippen LogP) is 6.45. The molecule has 1 atom stereocenters. The van der Waals surface area contributed by atoms with Crippen LogP contribution in [0, 0.1) is 18.7 Å². The quantitative estimate of drug-likeness (QED) is 0.168. The monoisotopic (exact) mass is 551 g/mol. The molecule has 0 saturated carbocycles. The second-order valence-electron chi connectivity index (χ2n) is 9.37. The summed E-state index contributed by atoms with van der Waals surface area (Å²) >= 11 is 6.97. The fourth-order valence-electron chi connectivity index (χ4n) is 4.28. The van der Waals surface area contributed by atoms with Crippen molar-refractivity contribution in [2.24, 2.45) is 5.92 Å². The fourth-order valence-corrected chi connectivity index (χ4v) is 5.43. The normalized spacial score (nSPS) is 17.1. The standard InChI is InChI=1S/C28H23ClFN3O4S/c1-14(2)13-37-21-5-4-17(10-15(21)3)25(34)23-24(16-6-8-31-9-7-16)33(27(36)26(23)35)28-32-20-11-18(29)19(30)12-22(20)38-28/h4-12,14,24,34H,13H2,1-3H3/b25-23+. The first kappa shape index (κ1) is 25.8. The number of Topliss-reactive ketones (excluding diaryl/α,β-unsaturated/α-hetero) is 1. The number of hydrogen-bond acceptors (Lipinski definition) is 7. The minimum absolute atomic E-state index is 0.0834. The first-order valence-electron chi connectivity index (χ1n) is 11.9. The van der Waals surface area contributed by atoms with Crippen LogP contribution in [0.4, 0.5) is 9.52 Å². The van der Waals surface area contributed by atoms with E-state index < -0.39 is 23.5 Å². The van der Waals surface area contributed by atoms with E-state index in [2.05, 4.69) is 9.97 Å². The Kier molecular flexibility index (Phi) is 6.90. The number of amides is 1. The van der Waals surface area contributed by atoms with E-state index in [0.717, 1.165) is 16.9 Å². The maximum atomic E-state index is 14.1. The summed E-state index contributed by atoms with van der Waals surface area (Å²) in [5, 5.41) is 11.5. The van der Waals surface area contributed by atoms with E-state index in [1.54, 1.807) is 30.3 Å². The molecule has 0 radical (unpaired) electrons. The number of ketones is 1. The summed E-state index contributed by atoms with van der Waals surface area (Å²) in [5.74, 6) is -1.63. The molecule has 1 aliphatic rings. The molecule has 10 heteroatoms. The van der Waals surface area contributed by atoms with Crippen LogP contribution in [-0.2, 0) is 9.59 Å². The summed E-state index contributed by atoms with van der Waals surface area (Å²) in [6, 6.07) is 10.1. The molecule has 1 saturated heterocycles. The predicted molar refractivity (Wildman–Crippen MR) is 145 cm³/mol. The van der Waals surface area contributed by atoms with Crippen molar-refractivity contribution in [1.82, 2.24) is 9.97 Å². The minimum Gasteiger partial charge on any atom is -0.507 e. The highest BCUT2D eigenvalue weighted by Gasteiger charge is 2.48. The van der Waals surface area contributed by atoms with Gasteiger partial charge >= 0.3 is 5.91 Å². The van der Waals surface area contributed by atoms with Gasteiger partial charge in [-0.1, -0.05) is 36.8 Å². The van der Waals surface area contributed by atoms with Gasteiger partial charge < -0.3 is 9.84 Å². The van der Waals surface area contributed by atoms with E-state index in [1.165, 1.54) is 29.4 Å². The summed E-state index contributed by atoms with van der Waals surface area (Å²) in [6.45, 7) is 6.47. The largest absolute Gasteiger partial charge is 0.507 e. The van der Waals surface area contributed by atoms with Crippen molar-refractivity contribution in [2.75, 3.05) is 11.5 Å². The fraction of sp³-hybridized carbons (Fsp3) is 0.214. The Bertz CT molecular complexity index is 1560. The number of nitrogens with zero attached hydrogens (tertiary/aromatic N) is 3. The van der Waals surface area contributed by atoms with Gasteiger partial charge in [0.25, 0.3) is 5.78 Å². The number of rotatable bonds is 6. The second-order valence-corrected chi connectivity index (χ2v) is 10.8. The molecule has 0 bridgehead atoms. The molecule has 1 aliphatic heterocycles. The van der Waals surface area contributed by atoms with Gasteiger partial charge in [0.2, 0.25) is 0 Å². The van der Waals surface area contributed by atoms with Crippen molar-refractivity contribution in [3.8, 4) is 5.75 Å². The molecule has 2 aromatic carbocycles. The maximum absolute atomic E-state index is 14.1. The summed E-state index contributed by atoms with van der Waals surface area (Å²) in [4.78, 5) is 36.5. The Morgan fingerprint density at radius 1 is 1.18 bits per heavy atom. The Balaban J connectivity index is 1.64. The van der Waals surface area contributed by atoms with Crippen molar-refractivity contribution in [2.45, 2.75) is 26.8 Å². The molecule has 5 rings (SSSR count). The molecule has 1 N–H and O–H groups in total. The topological polar surface area (TPSA) is 92.6 Å². The first-order valence-corrected chi connectivity index (χ1v) is 13.1. The Hall–Kier alpha value is -3.82. The lowest BCUT2D eigenvalue weighted by atomic mass is 9.95. The average molecular weight is 552 g/mol. The maximum Gasteiger partial charge on any atom is 0.301 e. The molecule has 2 aromatic heterocycles. The third-order valence-electron chi connectivity index (χ3n) is 6.11. The lowest BCUT2D eigenvalue weighted by molar-refractivity contribution is -0.132. The summed E-state index contributed by atoms with van der Waals surface area (Å²) < 4.78 is 20.4. The number of thiazole rings is 1. The molecular weight excluding hydrogens is 529 g/mol. The molecule has 0 aliphatic carbocycles. The number of halogens is 2. The number of fused-ring (bicyclic) bond motifs is 1.